The summed E-state index contributed by atoms with van der Waals surface area (Å²) in [5, 5.41) is 0. The molecule has 1 aromatic heterocycles. The highest BCUT2D eigenvalue weighted by atomic mass is 16.5. The molecule has 0 unspecified atom stereocenters. The first kappa shape index (κ1) is 8.84. The fourth-order valence-electron chi connectivity index (χ4n) is 0.852. The zero-order chi connectivity index (χ0) is 8.81. The number of rotatable bonds is 4. The van der Waals surface area contributed by atoms with Gasteiger partial charge in [-0.3, -0.25) is 0 Å². The van der Waals surface area contributed by atoms with E-state index in [1.165, 1.54) is 0 Å². The van der Waals surface area contributed by atoms with Crippen LogP contribution in [0, 0.1) is 0 Å². The molecule has 0 amide bonds. The number of unbranched alkanes of at least 4 members (excludes halogenated alkanes) is 1. The summed E-state index contributed by atoms with van der Waals surface area (Å²) in [7, 11) is 0. The highest BCUT2D eigenvalue weighted by Crippen LogP contribution is 2.11. The Morgan fingerprint density at radius 3 is 3.08 bits per heavy atom. The topological polar surface area (TPSA) is 48.1 Å². The van der Waals surface area contributed by atoms with E-state index >= 15 is 0 Å². The Hall–Kier alpha value is -1.25. The minimum Gasteiger partial charge on any atom is -0.493 e. The zero-order valence-electron chi connectivity index (χ0n) is 7.29. The standard InChI is InChI=1S/C9H14N2O/c1-2-3-6-12-8-4-5-11-9(10)7-8/h4-5,7H,2-3,6H2,1H3,(H2,10,11). The summed E-state index contributed by atoms with van der Waals surface area (Å²) in [5.41, 5.74) is 5.47. The van der Waals surface area contributed by atoms with Crippen LogP contribution in [0.15, 0.2) is 18.3 Å². The molecule has 0 aromatic carbocycles. The monoisotopic (exact) mass is 166 g/mol. The van der Waals surface area contributed by atoms with Crippen molar-refractivity contribution in [1.82, 2.24) is 4.98 Å². The molecule has 0 fully saturated rings. The number of aromatic nitrogens is 1. The number of hydrogen-bond acceptors (Lipinski definition) is 3. The predicted octanol–water partition coefficient (Wildman–Crippen LogP) is 1.84. The molecule has 3 nitrogen and oxygen atoms in total. The Morgan fingerprint density at radius 1 is 1.58 bits per heavy atom. The van der Waals surface area contributed by atoms with Crippen LogP contribution < -0.4 is 10.5 Å². The van der Waals surface area contributed by atoms with Gasteiger partial charge in [0.2, 0.25) is 0 Å². The second kappa shape index (κ2) is 4.59. The molecule has 3 heteroatoms. The summed E-state index contributed by atoms with van der Waals surface area (Å²) in [6.07, 6.45) is 3.86. The molecule has 0 aliphatic heterocycles. The number of anilines is 1. The van der Waals surface area contributed by atoms with Crippen molar-refractivity contribution in [3.8, 4) is 5.75 Å². The van der Waals surface area contributed by atoms with Crippen molar-refractivity contribution < 1.29 is 4.74 Å². The molecule has 0 atom stereocenters. The molecule has 12 heavy (non-hydrogen) atoms. The van der Waals surface area contributed by atoms with Crippen LogP contribution in [-0.4, -0.2) is 11.6 Å². The van der Waals surface area contributed by atoms with Gasteiger partial charge in [0, 0.05) is 12.3 Å². The highest BCUT2D eigenvalue weighted by Gasteiger charge is 1.93. The molecule has 0 bridgehead atoms. The lowest BCUT2D eigenvalue weighted by molar-refractivity contribution is 0.309. The summed E-state index contributed by atoms with van der Waals surface area (Å²) in [5.74, 6) is 1.31. The maximum atomic E-state index is 5.47. The van der Waals surface area contributed by atoms with Crippen molar-refractivity contribution in [1.29, 1.82) is 0 Å². The lowest BCUT2D eigenvalue weighted by atomic mass is 10.3. The summed E-state index contributed by atoms with van der Waals surface area (Å²) in [6.45, 7) is 2.88. The number of nitrogens with two attached hydrogens (primary N) is 1. The first-order valence-corrected chi connectivity index (χ1v) is 4.17. The van der Waals surface area contributed by atoms with E-state index in [0.717, 1.165) is 25.2 Å². The fraction of sp³-hybridized carbons (Fsp3) is 0.444. The van der Waals surface area contributed by atoms with E-state index in [-0.39, 0.29) is 0 Å². The number of nitrogens with zero attached hydrogens (tertiary/aromatic N) is 1. The van der Waals surface area contributed by atoms with E-state index in [9.17, 15) is 0 Å². The summed E-state index contributed by atoms with van der Waals surface area (Å²) in [6, 6.07) is 3.54. The van der Waals surface area contributed by atoms with Crippen molar-refractivity contribution in [2.45, 2.75) is 19.8 Å². The maximum absolute atomic E-state index is 5.47. The third kappa shape index (κ3) is 2.78. The average molecular weight is 166 g/mol. The van der Waals surface area contributed by atoms with E-state index in [0.29, 0.717) is 5.82 Å². The minimum atomic E-state index is 0.504. The quantitative estimate of drug-likeness (QED) is 0.694. The van der Waals surface area contributed by atoms with Crippen molar-refractivity contribution in [3.63, 3.8) is 0 Å². The first-order chi connectivity index (χ1) is 5.83. The van der Waals surface area contributed by atoms with Gasteiger partial charge >= 0.3 is 0 Å². The summed E-state index contributed by atoms with van der Waals surface area (Å²) in [4.78, 5) is 3.87. The number of nitrogen functional groups attached to an aromatic ring is 1. The van der Waals surface area contributed by atoms with Gasteiger partial charge in [-0.25, -0.2) is 4.98 Å². The van der Waals surface area contributed by atoms with Crippen LogP contribution >= 0.6 is 0 Å². The smallest absolute Gasteiger partial charge is 0.126 e. The Kier molecular flexibility index (Phi) is 3.38. The van der Waals surface area contributed by atoms with Crippen LogP contribution in [0.3, 0.4) is 0 Å². The van der Waals surface area contributed by atoms with Gasteiger partial charge in [0.25, 0.3) is 0 Å². The Bertz CT molecular complexity index is 238. The molecular weight excluding hydrogens is 152 g/mol. The number of ether oxygens (including phenoxy) is 1. The molecule has 0 spiro atoms. The third-order valence-electron chi connectivity index (χ3n) is 1.52. The largest absolute Gasteiger partial charge is 0.493 e. The Balaban J connectivity index is 2.41. The average Bonchev–Trinajstić information content (AvgIpc) is 2.05. The normalized spacial score (nSPS) is 9.75. The molecule has 0 saturated heterocycles. The highest BCUT2D eigenvalue weighted by molar-refractivity contribution is 5.35. The van der Waals surface area contributed by atoms with E-state index < -0.39 is 0 Å². The second-order valence-electron chi connectivity index (χ2n) is 2.62. The molecule has 1 heterocycles. The van der Waals surface area contributed by atoms with Crippen LogP contribution in [0.4, 0.5) is 5.82 Å². The molecule has 1 rings (SSSR count). The van der Waals surface area contributed by atoms with Gasteiger partial charge < -0.3 is 10.5 Å². The van der Waals surface area contributed by atoms with Gasteiger partial charge in [-0.1, -0.05) is 13.3 Å². The minimum absolute atomic E-state index is 0.504. The number of pyridine rings is 1. The van der Waals surface area contributed by atoms with E-state index in [2.05, 4.69) is 11.9 Å². The zero-order valence-corrected chi connectivity index (χ0v) is 7.29. The molecule has 0 saturated carbocycles. The van der Waals surface area contributed by atoms with Crippen LogP contribution in [0.5, 0.6) is 5.75 Å². The molecule has 0 radical (unpaired) electrons. The first-order valence-electron chi connectivity index (χ1n) is 4.17. The van der Waals surface area contributed by atoms with Gasteiger partial charge in [-0.05, 0) is 12.5 Å². The van der Waals surface area contributed by atoms with Crippen molar-refractivity contribution in [2.24, 2.45) is 0 Å². The fourth-order valence-corrected chi connectivity index (χ4v) is 0.852. The second-order valence-corrected chi connectivity index (χ2v) is 2.62. The van der Waals surface area contributed by atoms with Gasteiger partial charge in [0.15, 0.2) is 0 Å². The third-order valence-corrected chi connectivity index (χ3v) is 1.52. The molecule has 2 N–H and O–H groups in total. The number of hydrogen-bond donors (Lipinski definition) is 1. The predicted molar refractivity (Wildman–Crippen MR) is 49.1 cm³/mol. The van der Waals surface area contributed by atoms with E-state index in [4.69, 9.17) is 10.5 Å². The van der Waals surface area contributed by atoms with Gasteiger partial charge in [-0.2, -0.15) is 0 Å². The van der Waals surface area contributed by atoms with E-state index in [1.807, 2.05) is 6.07 Å². The van der Waals surface area contributed by atoms with Crippen LogP contribution in [0.1, 0.15) is 19.8 Å². The Labute approximate surface area is 72.6 Å². The molecular formula is C9H14N2O. The van der Waals surface area contributed by atoms with Crippen LogP contribution in [0.2, 0.25) is 0 Å². The van der Waals surface area contributed by atoms with Gasteiger partial charge in [0.05, 0.1) is 6.61 Å². The van der Waals surface area contributed by atoms with Crippen molar-refractivity contribution in [2.75, 3.05) is 12.3 Å². The molecule has 0 aliphatic rings. The van der Waals surface area contributed by atoms with Crippen LogP contribution in [-0.2, 0) is 0 Å². The lowest BCUT2D eigenvalue weighted by Crippen LogP contribution is -1.97. The van der Waals surface area contributed by atoms with Crippen molar-refractivity contribution >= 4 is 5.82 Å². The molecule has 66 valence electrons. The maximum Gasteiger partial charge on any atom is 0.126 e. The van der Waals surface area contributed by atoms with E-state index in [1.54, 1.807) is 12.3 Å². The molecule has 0 aliphatic carbocycles. The van der Waals surface area contributed by atoms with Gasteiger partial charge in [-0.15, -0.1) is 0 Å². The SMILES string of the molecule is CCCCOc1ccnc(N)c1. The lowest BCUT2D eigenvalue weighted by Gasteiger charge is -2.04. The molecule has 1 aromatic rings. The van der Waals surface area contributed by atoms with Crippen LogP contribution in [0.25, 0.3) is 0 Å². The summed E-state index contributed by atoms with van der Waals surface area (Å²) >= 11 is 0. The van der Waals surface area contributed by atoms with Crippen molar-refractivity contribution in [3.05, 3.63) is 18.3 Å². The van der Waals surface area contributed by atoms with Gasteiger partial charge in [0.1, 0.15) is 11.6 Å². The summed E-state index contributed by atoms with van der Waals surface area (Å²) < 4.78 is 5.41. The Morgan fingerprint density at radius 2 is 2.42 bits per heavy atom.